The fourth-order valence-electron chi connectivity index (χ4n) is 1.61. The summed E-state index contributed by atoms with van der Waals surface area (Å²) < 4.78 is 26.2. The Morgan fingerprint density at radius 1 is 1.11 bits per heavy atom. The first-order chi connectivity index (χ1) is 8.34. The minimum atomic E-state index is -3.89. The number of piperazine rings is 1. The summed E-state index contributed by atoms with van der Waals surface area (Å²) in [5.74, 6) is -1.68. The van der Waals surface area contributed by atoms with Crippen LogP contribution in [0.25, 0.3) is 0 Å². The van der Waals surface area contributed by atoms with E-state index in [-0.39, 0.29) is 13.1 Å². The zero-order chi connectivity index (χ0) is 13.8. The third kappa shape index (κ3) is 3.91. The monoisotopic (exact) mass is 279 g/mol. The molecule has 10 heteroatoms. The fraction of sp³-hybridized carbons (Fsp3) is 0.750. The topological polar surface area (TPSA) is 139 Å². The summed E-state index contributed by atoms with van der Waals surface area (Å²) in [5.41, 5.74) is 9.93. The summed E-state index contributed by atoms with van der Waals surface area (Å²) >= 11 is 0. The molecule has 1 heterocycles. The quantitative estimate of drug-likeness (QED) is 0.461. The molecule has 104 valence electrons. The van der Waals surface area contributed by atoms with Crippen LogP contribution >= 0.6 is 0 Å². The predicted octanol–water partition coefficient (Wildman–Crippen LogP) is -3.59. The Morgan fingerprint density at radius 2 is 1.56 bits per heavy atom. The van der Waals surface area contributed by atoms with Crippen LogP contribution in [0.15, 0.2) is 0 Å². The van der Waals surface area contributed by atoms with E-state index in [0.717, 1.165) is 0 Å². The molecule has 0 aromatic heterocycles. The van der Waals surface area contributed by atoms with Gasteiger partial charge in [0.1, 0.15) is 0 Å². The average molecular weight is 279 g/mol. The number of rotatable bonds is 6. The molecule has 9 nitrogen and oxygen atoms in total. The van der Waals surface area contributed by atoms with Crippen LogP contribution in [0.5, 0.6) is 0 Å². The third-order valence-electron chi connectivity index (χ3n) is 2.39. The van der Waals surface area contributed by atoms with E-state index in [9.17, 15) is 18.0 Å². The Balaban J connectivity index is 2.86. The van der Waals surface area contributed by atoms with Crippen molar-refractivity contribution in [1.29, 1.82) is 0 Å². The largest absolute Gasteiger partial charge is 0.369 e. The molecular formula is C8H17N5O4S. The number of hydrogen-bond acceptors (Lipinski definition) is 5. The minimum Gasteiger partial charge on any atom is -0.369 e. The number of nitrogens with zero attached hydrogens (tertiary/aromatic N) is 2. The molecule has 0 radical (unpaired) electrons. The van der Waals surface area contributed by atoms with Crippen LogP contribution in [0.3, 0.4) is 0 Å². The Morgan fingerprint density at radius 3 is 1.94 bits per heavy atom. The van der Waals surface area contributed by atoms with Crippen molar-refractivity contribution in [3.8, 4) is 0 Å². The van der Waals surface area contributed by atoms with E-state index < -0.39 is 35.1 Å². The summed E-state index contributed by atoms with van der Waals surface area (Å²) in [6.45, 7) is 0.456. The zero-order valence-corrected chi connectivity index (χ0v) is 10.6. The smallest absolute Gasteiger partial charge is 0.283 e. The minimum absolute atomic E-state index is 0.274. The molecule has 0 atom stereocenters. The van der Waals surface area contributed by atoms with Crippen LogP contribution < -0.4 is 16.8 Å². The van der Waals surface area contributed by atoms with Gasteiger partial charge in [-0.2, -0.15) is 17.0 Å². The van der Waals surface area contributed by atoms with Gasteiger partial charge in [0.2, 0.25) is 11.8 Å². The van der Waals surface area contributed by atoms with Crippen molar-refractivity contribution in [1.82, 2.24) is 13.9 Å². The van der Waals surface area contributed by atoms with E-state index in [1.54, 1.807) is 0 Å². The van der Waals surface area contributed by atoms with Gasteiger partial charge in [0.25, 0.3) is 10.2 Å². The van der Waals surface area contributed by atoms with Gasteiger partial charge >= 0.3 is 0 Å². The van der Waals surface area contributed by atoms with E-state index in [1.807, 2.05) is 0 Å². The van der Waals surface area contributed by atoms with Crippen LogP contribution in [0.1, 0.15) is 0 Å². The molecular weight excluding hydrogens is 262 g/mol. The number of primary amides is 2. The second-order valence-electron chi connectivity index (χ2n) is 3.86. The summed E-state index contributed by atoms with van der Waals surface area (Å²) in [4.78, 5) is 21.7. The van der Waals surface area contributed by atoms with Gasteiger partial charge in [0, 0.05) is 26.2 Å². The molecule has 1 fully saturated rings. The fourth-order valence-corrected chi connectivity index (χ4v) is 3.16. The van der Waals surface area contributed by atoms with Crippen molar-refractivity contribution in [2.45, 2.75) is 0 Å². The molecule has 0 aliphatic carbocycles. The number of carbonyl (C=O) groups excluding carboxylic acids is 2. The van der Waals surface area contributed by atoms with Crippen LogP contribution in [-0.4, -0.2) is 68.1 Å². The second kappa shape index (κ2) is 6.09. The molecule has 0 aromatic carbocycles. The predicted molar refractivity (Wildman–Crippen MR) is 63.3 cm³/mol. The highest BCUT2D eigenvalue weighted by atomic mass is 32.2. The van der Waals surface area contributed by atoms with Gasteiger partial charge in [-0.15, -0.1) is 0 Å². The molecule has 0 bridgehead atoms. The summed E-state index contributed by atoms with van der Waals surface area (Å²) in [5, 5.41) is 3.00. The van der Waals surface area contributed by atoms with Crippen LogP contribution in [0, 0.1) is 0 Å². The molecule has 0 aromatic rings. The molecule has 0 unspecified atom stereocenters. The summed E-state index contributed by atoms with van der Waals surface area (Å²) in [7, 11) is -3.89. The Hall–Kier alpha value is -1.23. The number of hydrogen-bond donors (Lipinski definition) is 3. The van der Waals surface area contributed by atoms with Gasteiger partial charge in [-0.05, 0) is 0 Å². The van der Waals surface area contributed by atoms with Gasteiger partial charge in [0.05, 0.1) is 13.1 Å². The van der Waals surface area contributed by atoms with E-state index in [0.29, 0.717) is 17.4 Å². The highest BCUT2D eigenvalue weighted by molar-refractivity contribution is 7.86. The van der Waals surface area contributed by atoms with Gasteiger partial charge in [0.15, 0.2) is 0 Å². The number of nitrogens with one attached hydrogen (secondary N) is 1. The van der Waals surface area contributed by atoms with Gasteiger partial charge in [-0.1, -0.05) is 0 Å². The van der Waals surface area contributed by atoms with Crippen LogP contribution in [0.2, 0.25) is 0 Å². The highest BCUT2D eigenvalue weighted by Gasteiger charge is 2.32. The molecule has 5 N–H and O–H groups in total. The average Bonchev–Trinajstić information content (AvgIpc) is 2.28. The van der Waals surface area contributed by atoms with Gasteiger partial charge < -0.3 is 16.8 Å². The van der Waals surface area contributed by atoms with Crippen molar-refractivity contribution >= 4 is 22.0 Å². The summed E-state index contributed by atoms with van der Waals surface area (Å²) in [6.07, 6.45) is 0. The molecule has 1 aliphatic rings. The molecule has 18 heavy (non-hydrogen) atoms. The summed E-state index contributed by atoms with van der Waals surface area (Å²) in [6, 6.07) is 0. The first-order valence-corrected chi connectivity index (χ1v) is 6.76. The Labute approximate surface area is 105 Å². The molecule has 0 saturated carbocycles. The van der Waals surface area contributed by atoms with Crippen LogP contribution in [0.4, 0.5) is 0 Å². The van der Waals surface area contributed by atoms with E-state index >= 15 is 0 Å². The molecule has 1 saturated heterocycles. The lowest BCUT2D eigenvalue weighted by molar-refractivity contribution is -0.120. The lowest BCUT2D eigenvalue weighted by Gasteiger charge is -2.31. The van der Waals surface area contributed by atoms with E-state index in [1.165, 1.54) is 4.31 Å². The Kier molecular flexibility index (Phi) is 5.02. The second-order valence-corrected chi connectivity index (χ2v) is 5.79. The van der Waals surface area contributed by atoms with Crippen molar-refractivity contribution in [3.05, 3.63) is 0 Å². The molecule has 1 rings (SSSR count). The maximum absolute atomic E-state index is 12.2. The normalized spacial score (nSPS) is 17.8. The molecule has 1 aliphatic heterocycles. The molecule has 2 amide bonds. The highest BCUT2D eigenvalue weighted by Crippen LogP contribution is 2.08. The van der Waals surface area contributed by atoms with Crippen molar-refractivity contribution < 1.29 is 18.0 Å². The maximum Gasteiger partial charge on any atom is 0.283 e. The van der Waals surface area contributed by atoms with E-state index in [4.69, 9.17) is 11.5 Å². The number of amides is 2. The first-order valence-electron chi connectivity index (χ1n) is 5.36. The van der Waals surface area contributed by atoms with Crippen molar-refractivity contribution in [2.75, 3.05) is 39.3 Å². The zero-order valence-electron chi connectivity index (χ0n) is 9.83. The lowest BCUT2D eigenvalue weighted by atomic mass is 10.4. The Bertz CT molecular complexity index is 401. The van der Waals surface area contributed by atoms with E-state index in [2.05, 4.69) is 5.32 Å². The molecule has 0 spiro atoms. The maximum atomic E-state index is 12.2. The van der Waals surface area contributed by atoms with Crippen LogP contribution in [-0.2, 0) is 19.8 Å². The SMILES string of the molecule is NC(=O)CN(CC(N)=O)S(=O)(=O)N1CCNCC1. The third-order valence-corrected chi connectivity index (χ3v) is 4.32. The standard InChI is InChI=1S/C8H17N5O4S/c9-7(14)5-13(6-8(10)15)18(16,17)12-3-1-11-2-4-12/h11H,1-6H2,(H2,9,14)(H2,10,15). The first kappa shape index (κ1) is 14.8. The van der Waals surface area contributed by atoms with Gasteiger partial charge in [-0.3, -0.25) is 9.59 Å². The number of nitrogens with two attached hydrogens (primary N) is 2. The lowest BCUT2D eigenvalue weighted by Crippen LogP contribution is -2.54. The van der Waals surface area contributed by atoms with Crippen molar-refractivity contribution in [3.63, 3.8) is 0 Å². The number of carbonyl (C=O) groups is 2. The van der Waals surface area contributed by atoms with Gasteiger partial charge in [-0.25, -0.2) is 0 Å². The van der Waals surface area contributed by atoms with Crippen molar-refractivity contribution in [2.24, 2.45) is 11.5 Å².